The maximum atomic E-state index is 13.0. The van der Waals surface area contributed by atoms with Crippen LogP contribution in [0.25, 0.3) is 0 Å². The molecule has 0 bridgehead atoms. The van der Waals surface area contributed by atoms with Crippen molar-refractivity contribution in [2.45, 2.75) is 31.8 Å². The van der Waals surface area contributed by atoms with Crippen LogP contribution in [-0.2, 0) is 10.4 Å². The highest BCUT2D eigenvalue weighted by Crippen LogP contribution is 2.34. The first kappa shape index (κ1) is 17.9. The number of amides is 1. The number of β-amino-alcohol motifs (C(OH)–C–C–N with tert-alkyl or cyclic N) is 1. The van der Waals surface area contributed by atoms with Gasteiger partial charge >= 0.3 is 0 Å². The van der Waals surface area contributed by atoms with E-state index in [0.29, 0.717) is 19.5 Å². The zero-order valence-corrected chi connectivity index (χ0v) is 15.7. The summed E-state index contributed by atoms with van der Waals surface area (Å²) in [5.74, 6) is 1.13. The highest BCUT2D eigenvalue weighted by Gasteiger charge is 2.41. The Bertz CT molecular complexity index is 788. The average molecular weight is 366 g/mol. The molecular formula is C21H26N4O2. The normalized spacial score (nSPS) is 23.6. The number of carbonyl (C=O) groups excluding carboxylic acids is 1. The molecule has 1 N–H and O–H groups in total. The van der Waals surface area contributed by atoms with Crippen molar-refractivity contribution >= 4 is 11.7 Å². The largest absolute Gasteiger partial charge is 0.383 e. The van der Waals surface area contributed by atoms with Gasteiger partial charge in [-0.2, -0.15) is 0 Å². The third kappa shape index (κ3) is 3.67. The fraction of sp³-hybridized carbons (Fsp3) is 0.476. The van der Waals surface area contributed by atoms with Crippen LogP contribution < -0.4 is 4.90 Å². The first-order valence-electron chi connectivity index (χ1n) is 9.64. The van der Waals surface area contributed by atoms with Gasteiger partial charge in [0, 0.05) is 31.7 Å². The number of likely N-dealkylation sites (tertiary alicyclic amines) is 1. The summed E-state index contributed by atoms with van der Waals surface area (Å²) in [6, 6.07) is 9.89. The minimum atomic E-state index is -0.926. The monoisotopic (exact) mass is 366 g/mol. The second kappa shape index (κ2) is 7.27. The second-order valence-corrected chi connectivity index (χ2v) is 7.74. The van der Waals surface area contributed by atoms with Gasteiger partial charge in [-0.3, -0.25) is 4.79 Å². The van der Waals surface area contributed by atoms with Crippen molar-refractivity contribution in [3.8, 4) is 0 Å². The summed E-state index contributed by atoms with van der Waals surface area (Å²) in [5, 5.41) is 11.0. The van der Waals surface area contributed by atoms with Gasteiger partial charge in [-0.1, -0.05) is 29.8 Å². The Morgan fingerprint density at radius 3 is 2.56 bits per heavy atom. The quantitative estimate of drug-likeness (QED) is 0.901. The van der Waals surface area contributed by atoms with Crippen LogP contribution in [0.15, 0.2) is 42.9 Å². The minimum absolute atomic E-state index is 0.0310. The highest BCUT2D eigenvalue weighted by atomic mass is 16.3. The SMILES string of the molecule is Cc1ccc(C2(O)CCN(C(=O)C3CCN(c4ccncn4)CC3)C2)cc1. The lowest BCUT2D eigenvalue weighted by atomic mass is 9.92. The molecule has 2 aliphatic heterocycles. The topological polar surface area (TPSA) is 69.6 Å². The van der Waals surface area contributed by atoms with E-state index in [4.69, 9.17) is 0 Å². The molecule has 142 valence electrons. The Kier molecular flexibility index (Phi) is 4.83. The molecule has 27 heavy (non-hydrogen) atoms. The predicted octanol–water partition coefficient (Wildman–Crippen LogP) is 2.12. The molecular weight excluding hydrogens is 340 g/mol. The summed E-state index contributed by atoms with van der Waals surface area (Å²) in [5.41, 5.74) is 1.15. The number of hydrogen-bond acceptors (Lipinski definition) is 5. The molecule has 1 aromatic carbocycles. The highest BCUT2D eigenvalue weighted by molar-refractivity contribution is 5.79. The number of piperidine rings is 1. The van der Waals surface area contributed by atoms with Gasteiger partial charge in [0.1, 0.15) is 17.7 Å². The molecule has 3 heterocycles. The lowest BCUT2D eigenvalue weighted by Crippen LogP contribution is -2.43. The van der Waals surface area contributed by atoms with E-state index in [1.807, 2.05) is 42.2 Å². The molecule has 0 spiro atoms. The summed E-state index contributed by atoms with van der Waals surface area (Å²) in [6.45, 7) is 4.69. The molecule has 6 nitrogen and oxygen atoms in total. The molecule has 2 aromatic rings. The number of aromatic nitrogens is 2. The van der Waals surface area contributed by atoms with Crippen LogP contribution in [0.2, 0.25) is 0 Å². The Morgan fingerprint density at radius 1 is 1.15 bits per heavy atom. The lowest BCUT2D eigenvalue weighted by Gasteiger charge is -2.34. The molecule has 1 amide bonds. The Morgan fingerprint density at radius 2 is 1.89 bits per heavy atom. The second-order valence-electron chi connectivity index (χ2n) is 7.74. The third-order valence-electron chi connectivity index (χ3n) is 5.88. The average Bonchev–Trinajstić information content (AvgIpc) is 3.12. The van der Waals surface area contributed by atoms with E-state index in [0.717, 1.165) is 37.3 Å². The molecule has 0 saturated carbocycles. The molecule has 1 atom stereocenters. The molecule has 4 rings (SSSR count). The maximum Gasteiger partial charge on any atom is 0.225 e. The summed E-state index contributed by atoms with van der Waals surface area (Å²) in [7, 11) is 0. The van der Waals surface area contributed by atoms with Crippen molar-refractivity contribution in [2.24, 2.45) is 5.92 Å². The van der Waals surface area contributed by atoms with Crippen LogP contribution in [0.1, 0.15) is 30.4 Å². The van der Waals surface area contributed by atoms with Crippen LogP contribution in [0.3, 0.4) is 0 Å². The van der Waals surface area contributed by atoms with E-state index in [-0.39, 0.29) is 11.8 Å². The maximum absolute atomic E-state index is 13.0. The van der Waals surface area contributed by atoms with Crippen molar-refractivity contribution in [3.05, 3.63) is 54.0 Å². The zero-order chi connectivity index (χ0) is 18.9. The predicted molar refractivity (Wildman–Crippen MR) is 103 cm³/mol. The number of carbonyl (C=O) groups is 1. The summed E-state index contributed by atoms with van der Waals surface area (Å²) in [4.78, 5) is 25.3. The molecule has 1 aromatic heterocycles. The van der Waals surface area contributed by atoms with Gasteiger partial charge in [-0.15, -0.1) is 0 Å². The van der Waals surface area contributed by atoms with Gasteiger partial charge in [0.2, 0.25) is 5.91 Å². The Labute approximate surface area is 159 Å². The number of anilines is 1. The number of benzene rings is 1. The van der Waals surface area contributed by atoms with Gasteiger partial charge in [-0.05, 0) is 37.8 Å². The van der Waals surface area contributed by atoms with E-state index in [2.05, 4.69) is 14.9 Å². The van der Waals surface area contributed by atoms with Crippen LogP contribution in [0.4, 0.5) is 5.82 Å². The number of aliphatic hydroxyl groups is 1. The fourth-order valence-corrected chi connectivity index (χ4v) is 4.17. The smallest absolute Gasteiger partial charge is 0.225 e. The van der Waals surface area contributed by atoms with E-state index in [1.165, 1.54) is 5.56 Å². The first-order chi connectivity index (χ1) is 13.0. The zero-order valence-electron chi connectivity index (χ0n) is 15.7. The van der Waals surface area contributed by atoms with Gasteiger partial charge in [0.25, 0.3) is 0 Å². The standard InChI is InChI=1S/C21H26N4O2/c1-16-2-4-18(5-3-16)21(27)9-13-25(14-21)20(26)17-7-11-24(12-8-17)19-6-10-22-15-23-19/h2-6,10,15,17,27H,7-9,11-14H2,1H3. The van der Waals surface area contributed by atoms with Crippen molar-refractivity contribution in [3.63, 3.8) is 0 Å². The minimum Gasteiger partial charge on any atom is -0.383 e. The van der Waals surface area contributed by atoms with Gasteiger partial charge < -0.3 is 14.9 Å². The first-order valence-corrected chi connectivity index (χ1v) is 9.64. The lowest BCUT2D eigenvalue weighted by molar-refractivity contribution is -0.136. The van der Waals surface area contributed by atoms with Crippen LogP contribution in [0.5, 0.6) is 0 Å². The molecule has 6 heteroatoms. The molecule has 2 aliphatic rings. The summed E-state index contributed by atoms with van der Waals surface area (Å²) in [6.07, 6.45) is 5.55. The molecule has 0 radical (unpaired) electrons. The number of nitrogens with zero attached hydrogens (tertiary/aromatic N) is 4. The molecule has 2 saturated heterocycles. The van der Waals surface area contributed by atoms with E-state index in [9.17, 15) is 9.90 Å². The van der Waals surface area contributed by atoms with Crippen molar-refractivity contribution in [2.75, 3.05) is 31.1 Å². The summed E-state index contributed by atoms with van der Waals surface area (Å²) < 4.78 is 0. The van der Waals surface area contributed by atoms with E-state index >= 15 is 0 Å². The van der Waals surface area contributed by atoms with Crippen LogP contribution in [-0.4, -0.2) is 52.1 Å². The number of aryl methyl sites for hydroxylation is 1. The van der Waals surface area contributed by atoms with E-state index < -0.39 is 5.60 Å². The van der Waals surface area contributed by atoms with Crippen molar-refractivity contribution in [1.82, 2.24) is 14.9 Å². The molecule has 2 fully saturated rings. The van der Waals surface area contributed by atoms with Crippen LogP contribution >= 0.6 is 0 Å². The van der Waals surface area contributed by atoms with E-state index in [1.54, 1.807) is 12.5 Å². The third-order valence-corrected chi connectivity index (χ3v) is 5.88. The van der Waals surface area contributed by atoms with Crippen molar-refractivity contribution in [1.29, 1.82) is 0 Å². The number of hydrogen-bond donors (Lipinski definition) is 1. The van der Waals surface area contributed by atoms with Crippen LogP contribution in [0, 0.1) is 12.8 Å². The molecule has 0 aliphatic carbocycles. The number of rotatable bonds is 3. The fourth-order valence-electron chi connectivity index (χ4n) is 4.17. The molecule has 1 unspecified atom stereocenters. The van der Waals surface area contributed by atoms with Crippen molar-refractivity contribution < 1.29 is 9.90 Å². The van der Waals surface area contributed by atoms with Gasteiger partial charge in [0.05, 0.1) is 6.54 Å². The van der Waals surface area contributed by atoms with Gasteiger partial charge in [-0.25, -0.2) is 9.97 Å². The Hall–Kier alpha value is -2.47. The van der Waals surface area contributed by atoms with Gasteiger partial charge in [0.15, 0.2) is 0 Å². The summed E-state index contributed by atoms with van der Waals surface area (Å²) >= 11 is 0. The Balaban J connectivity index is 1.36.